The highest BCUT2D eigenvalue weighted by atomic mass is 16.5. The normalized spacial score (nSPS) is 17.8. The number of hydrogen-bond donors (Lipinski definition) is 1. The fraction of sp³-hybridized carbons (Fsp3) is 0.412. The minimum absolute atomic E-state index is 0.0244. The summed E-state index contributed by atoms with van der Waals surface area (Å²) in [6, 6.07) is 6.74. The Morgan fingerprint density at radius 2 is 2.21 bits per heavy atom. The second-order valence-electron chi connectivity index (χ2n) is 5.68. The maximum absolute atomic E-state index is 12.4. The molecule has 2 aromatic heterocycles. The van der Waals surface area contributed by atoms with Crippen molar-refractivity contribution in [3.63, 3.8) is 0 Å². The monoisotopic (exact) mass is 332 g/mol. The summed E-state index contributed by atoms with van der Waals surface area (Å²) in [6.07, 6.45) is 3.33. The molecule has 3 rings (SSSR count). The number of hydrogen-bond acceptors (Lipinski definition) is 6. The lowest BCUT2D eigenvalue weighted by Crippen LogP contribution is -2.42. The van der Waals surface area contributed by atoms with E-state index in [-0.39, 0.29) is 17.7 Å². The molecule has 0 saturated carbocycles. The van der Waals surface area contributed by atoms with Crippen LogP contribution in [0, 0.1) is 0 Å². The van der Waals surface area contributed by atoms with Crippen LogP contribution in [0.4, 0.5) is 0 Å². The number of rotatable bonds is 6. The van der Waals surface area contributed by atoms with E-state index in [9.17, 15) is 9.59 Å². The van der Waals surface area contributed by atoms with Crippen LogP contribution in [0.2, 0.25) is 0 Å². The van der Waals surface area contributed by atoms with E-state index in [0.717, 1.165) is 25.1 Å². The van der Waals surface area contributed by atoms with Gasteiger partial charge >= 0.3 is 5.97 Å². The Kier molecular flexibility index (Phi) is 5.00. The van der Waals surface area contributed by atoms with Gasteiger partial charge in [0.05, 0.1) is 32.5 Å². The maximum atomic E-state index is 12.4. The Bertz CT molecular complexity index is 692. The summed E-state index contributed by atoms with van der Waals surface area (Å²) in [5.41, 5.74) is 0. The van der Waals surface area contributed by atoms with E-state index in [1.54, 1.807) is 24.5 Å². The van der Waals surface area contributed by atoms with E-state index < -0.39 is 5.97 Å². The number of methoxy groups -OCH3 is 1. The van der Waals surface area contributed by atoms with Crippen molar-refractivity contribution in [3.8, 4) is 0 Å². The third-order valence-corrected chi connectivity index (χ3v) is 4.09. The van der Waals surface area contributed by atoms with Crippen LogP contribution in [0.15, 0.2) is 39.4 Å². The molecule has 1 amide bonds. The Labute approximate surface area is 139 Å². The number of carbonyl (C=O) groups is 2. The van der Waals surface area contributed by atoms with Gasteiger partial charge in [-0.1, -0.05) is 0 Å². The van der Waals surface area contributed by atoms with Gasteiger partial charge in [-0.05, 0) is 43.7 Å². The number of esters is 1. The topological polar surface area (TPSA) is 84.9 Å². The third kappa shape index (κ3) is 3.68. The number of furan rings is 2. The van der Waals surface area contributed by atoms with Crippen molar-refractivity contribution in [1.29, 1.82) is 0 Å². The molecule has 128 valence electrons. The van der Waals surface area contributed by atoms with Crippen LogP contribution >= 0.6 is 0 Å². The molecule has 3 heterocycles. The predicted molar refractivity (Wildman–Crippen MR) is 84.0 cm³/mol. The molecule has 0 aliphatic carbocycles. The number of ether oxygens (including phenoxy) is 1. The van der Waals surface area contributed by atoms with Crippen molar-refractivity contribution >= 4 is 11.9 Å². The summed E-state index contributed by atoms with van der Waals surface area (Å²) in [5, 5.41) is 2.90. The van der Waals surface area contributed by atoms with Crippen molar-refractivity contribution in [3.05, 3.63) is 47.8 Å². The van der Waals surface area contributed by atoms with Crippen molar-refractivity contribution < 1.29 is 23.2 Å². The van der Waals surface area contributed by atoms with Crippen LogP contribution in [-0.4, -0.2) is 36.5 Å². The lowest BCUT2D eigenvalue weighted by atomic mass is 10.2. The van der Waals surface area contributed by atoms with Gasteiger partial charge in [0.25, 0.3) is 0 Å². The van der Waals surface area contributed by atoms with Crippen LogP contribution in [0.3, 0.4) is 0 Å². The molecular weight excluding hydrogens is 312 g/mol. The molecule has 7 nitrogen and oxygen atoms in total. The van der Waals surface area contributed by atoms with E-state index in [4.69, 9.17) is 8.83 Å². The SMILES string of the molecule is COC(=O)c1ccc(CN2CCCC2C(=O)NCc2ccco2)o1. The average Bonchev–Trinajstić information content (AvgIpc) is 3.34. The second-order valence-corrected chi connectivity index (χ2v) is 5.68. The first-order valence-electron chi connectivity index (χ1n) is 7.88. The molecule has 1 atom stereocenters. The molecule has 1 aliphatic heterocycles. The first kappa shape index (κ1) is 16.3. The zero-order valence-electron chi connectivity index (χ0n) is 13.5. The lowest BCUT2D eigenvalue weighted by Gasteiger charge is -2.22. The van der Waals surface area contributed by atoms with E-state index in [1.165, 1.54) is 7.11 Å². The summed E-state index contributed by atoms with van der Waals surface area (Å²) in [7, 11) is 1.31. The van der Waals surface area contributed by atoms with Gasteiger partial charge in [0.1, 0.15) is 11.5 Å². The Morgan fingerprint density at radius 1 is 1.33 bits per heavy atom. The van der Waals surface area contributed by atoms with Gasteiger partial charge in [-0.25, -0.2) is 4.79 Å². The van der Waals surface area contributed by atoms with E-state index in [2.05, 4.69) is 15.0 Å². The summed E-state index contributed by atoms with van der Waals surface area (Å²) in [4.78, 5) is 25.9. The van der Waals surface area contributed by atoms with Crippen LogP contribution < -0.4 is 5.32 Å². The zero-order chi connectivity index (χ0) is 16.9. The van der Waals surface area contributed by atoms with Crippen LogP contribution in [0.1, 0.15) is 34.9 Å². The van der Waals surface area contributed by atoms with Gasteiger partial charge < -0.3 is 18.9 Å². The maximum Gasteiger partial charge on any atom is 0.373 e. The molecule has 1 N–H and O–H groups in total. The third-order valence-electron chi connectivity index (χ3n) is 4.09. The molecule has 1 aliphatic rings. The van der Waals surface area contributed by atoms with Gasteiger partial charge in [0.15, 0.2) is 0 Å². The highest BCUT2D eigenvalue weighted by Gasteiger charge is 2.31. The number of amides is 1. The smallest absolute Gasteiger partial charge is 0.373 e. The van der Waals surface area contributed by atoms with Gasteiger partial charge in [-0.2, -0.15) is 0 Å². The van der Waals surface area contributed by atoms with E-state index >= 15 is 0 Å². The lowest BCUT2D eigenvalue weighted by molar-refractivity contribution is -0.125. The molecule has 2 aromatic rings. The minimum Gasteiger partial charge on any atom is -0.467 e. The average molecular weight is 332 g/mol. The Balaban J connectivity index is 1.57. The molecule has 1 fully saturated rings. The largest absolute Gasteiger partial charge is 0.467 e. The summed E-state index contributed by atoms with van der Waals surface area (Å²) in [5.74, 6) is 1.01. The summed E-state index contributed by atoms with van der Waals surface area (Å²) < 4.78 is 15.3. The molecule has 24 heavy (non-hydrogen) atoms. The highest BCUT2D eigenvalue weighted by molar-refractivity contribution is 5.86. The fourth-order valence-electron chi connectivity index (χ4n) is 2.89. The molecule has 1 unspecified atom stereocenters. The number of likely N-dealkylation sites (tertiary alicyclic amines) is 1. The molecule has 0 bridgehead atoms. The fourth-order valence-corrected chi connectivity index (χ4v) is 2.89. The van der Waals surface area contributed by atoms with Crippen molar-refractivity contribution in [2.45, 2.75) is 32.0 Å². The van der Waals surface area contributed by atoms with E-state index in [1.807, 2.05) is 6.07 Å². The molecule has 7 heteroatoms. The van der Waals surface area contributed by atoms with Gasteiger partial charge in [0.2, 0.25) is 11.7 Å². The zero-order valence-corrected chi connectivity index (χ0v) is 13.5. The molecule has 1 saturated heterocycles. The molecule has 0 aromatic carbocycles. The molecule has 0 radical (unpaired) electrons. The van der Waals surface area contributed by atoms with Crippen LogP contribution in [0.5, 0.6) is 0 Å². The van der Waals surface area contributed by atoms with Gasteiger partial charge in [-0.3, -0.25) is 9.69 Å². The second kappa shape index (κ2) is 7.35. The highest BCUT2D eigenvalue weighted by Crippen LogP contribution is 2.21. The molecular formula is C17H20N2O5. The first-order chi connectivity index (χ1) is 11.7. The van der Waals surface area contributed by atoms with Gasteiger partial charge in [0, 0.05) is 0 Å². The predicted octanol–water partition coefficient (Wildman–Crippen LogP) is 1.94. The van der Waals surface area contributed by atoms with E-state index in [0.29, 0.717) is 18.8 Å². The number of nitrogens with one attached hydrogen (secondary N) is 1. The van der Waals surface area contributed by atoms with Crippen molar-refractivity contribution in [2.75, 3.05) is 13.7 Å². The Hall–Kier alpha value is -2.54. The molecule has 0 spiro atoms. The van der Waals surface area contributed by atoms with Gasteiger partial charge in [-0.15, -0.1) is 0 Å². The standard InChI is InChI=1S/C17H20N2O5/c1-22-17(21)15-7-6-13(24-15)11-19-8-2-5-14(19)16(20)18-10-12-4-3-9-23-12/h3-4,6-7,9,14H,2,5,8,10-11H2,1H3,(H,18,20). The minimum atomic E-state index is -0.504. The number of carbonyl (C=O) groups excluding carboxylic acids is 2. The van der Waals surface area contributed by atoms with Crippen LogP contribution in [-0.2, 0) is 22.6 Å². The Morgan fingerprint density at radius 3 is 2.96 bits per heavy atom. The van der Waals surface area contributed by atoms with Crippen molar-refractivity contribution in [2.24, 2.45) is 0 Å². The van der Waals surface area contributed by atoms with Crippen molar-refractivity contribution in [1.82, 2.24) is 10.2 Å². The first-order valence-corrected chi connectivity index (χ1v) is 7.88. The number of nitrogens with zero attached hydrogens (tertiary/aromatic N) is 1. The summed E-state index contributed by atoms with van der Waals surface area (Å²) >= 11 is 0. The summed E-state index contributed by atoms with van der Waals surface area (Å²) in [6.45, 7) is 1.67. The quantitative estimate of drug-likeness (QED) is 0.814. The van der Waals surface area contributed by atoms with Crippen LogP contribution in [0.25, 0.3) is 0 Å².